The fourth-order valence-electron chi connectivity index (χ4n) is 0.701. The molecule has 0 nitrogen and oxygen atoms in total. The third kappa shape index (κ3) is 11.6. The van der Waals surface area contributed by atoms with Gasteiger partial charge in [0.1, 0.15) is 0 Å². The maximum absolute atomic E-state index is 3.77. The predicted octanol–water partition coefficient (Wildman–Crippen LogP) is 5.19. The standard InChI is InChI=1S/C11H18S.C2H6/c1-4-7-9-11(6-3)12-10-8-5-2;1-2/h4,6-7,9H,3,5,8,10H2,1-2H3;1-2H3/b7-4-,11-9+;. The third-order valence-electron chi connectivity index (χ3n) is 1.42. The molecule has 0 N–H and O–H groups in total. The van der Waals surface area contributed by atoms with Gasteiger partial charge in [0.05, 0.1) is 0 Å². The average molecular weight is 212 g/mol. The third-order valence-corrected chi connectivity index (χ3v) is 2.55. The van der Waals surface area contributed by atoms with Crippen LogP contribution in [0.4, 0.5) is 0 Å². The van der Waals surface area contributed by atoms with Gasteiger partial charge in [-0.2, -0.15) is 0 Å². The van der Waals surface area contributed by atoms with Crippen molar-refractivity contribution in [1.82, 2.24) is 0 Å². The molecule has 0 amide bonds. The Bertz CT molecular complexity index is 166. The highest BCUT2D eigenvalue weighted by Gasteiger charge is 1.90. The van der Waals surface area contributed by atoms with Crippen molar-refractivity contribution in [2.24, 2.45) is 0 Å². The first-order valence-corrected chi connectivity index (χ1v) is 6.42. The van der Waals surface area contributed by atoms with Gasteiger partial charge in [0.25, 0.3) is 0 Å². The van der Waals surface area contributed by atoms with E-state index in [2.05, 4.69) is 25.7 Å². The lowest BCUT2D eigenvalue weighted by atomic mass is 10.4. The van der Waals surface area contributed by atoms with Crippen molar-refractivity contribution in [2.75, 3.05) is 5.75 Å². The fraction of sp³-hybridized carbons (Fsp3) is 0.538. The van der Waals surface area contributed by atoms with Crippen molar-refractivity contribution >= 4 is 11.8 Å². The smallest absolute Gasteiger partial charge is 0.00659 e. The largest absolute Gasteiger partial charge is 0.126 e. The van der Waals surface area contributed by atoms with E-state index in [1.165, 1.54) is 23.5 Å². The first kappa shape index (κ1) is 16.0. The Morgan fingerprint density at radius 3 is 2.43 bits per heavy atom. The molecular weight excluding hydrogens is 188 g/mol. The molecule has 0 aliphatic rings. The van der Waals surface area contributed by atoms with Crippen molar-refractivity contribution < 1.29 is 0 Å². The van der Waals surface area contributed by atoms with E-state index in [1.807, 2.05) is 44.7 Å². The van der Waals surface area contributed by atoms with Crippen LogP contribution >= 0.6 is 11.8 Å². The molecule has 0 aromatic rings. The minimum Gasteiger partial charge on any atom is -0.126 e. The Labute approximate surface area is 94.2 Å². The summed E-state index contributed by atoms with van der Waals surface area (Å²) in [5.74, 6) is 1.20. The molecule has 82 valence electrons. The van der Waals surface area contributed by atoms with Gasteiger partial charge in [-0.05, 0) is 25.2 Å². The molecular formula is C13H24S. The van der Waals surface area contributed by atoms with Crippen molar-refractivity contribution in [2.45, 2.75) is 40.5 Å². The Kier molecular flexibility index (Phi) is 17.2. The Morgan fingerprint density at radius 2 is 2.00 bits per heavy atom. The van der Waals surface area contributed by atoms with Crippen molar-refractivity contribution in [1.29, 1.82) is 0 Å². The fourth-order valence-corrected chi connectivity index (χ4v) is 1.66. The van der Waals surface area contributed by atoms with Gasteiger partial charge < -0.3 is 0 Å². The molecule has 0 bridgehead atoms. The summed E-state index contributed by atoms with van der Waals surface area (Å²) in [6.07, 6.45) is 10.7. The number of rotatable bonds is 6. The van der Waals surface area contributed by atoms with Crippen LogP contribution < -0.4 is 0 Å². The van der Waals surface area contributed by atoms with Crippen molar-refractivity contribution in [3.05, 3.63) is 35.8 Å². The van der Waals surface area contributed by atoms with Gasteiger partial charge in [-0.1, -0.05) is 52.0 Å². The summed E-state index contributed by atoms with van der Waals surface area (Å²) in [5, 5.41) is 0. The summed E-state index contributed by atoms with van der Waals surface area (Å²) in [4.78, 5) is 1.27. The highest BCUT2D eigenvalue weighted by Crippen LogP contribution is 2.17. The van der Waals surface area contributed by atoms with Gasteiger partial charge in [0.2, 0.25) is 0 Å². The zero-order valence-electron chi connectivity index (χ0n) is 10.0. The molecule has 0 fully saturated rings. The van der Waals surface area contributed by atoms with E-state index in [1.54, 1.807) is 0 Å². The second-order valence-corrected chi connectivity index (χ2v) is 3.67. The van der Waals surface area contributed by atoms with Crippen LogP contribution in [0, 0.1) is 0 Å². The normalized spacial score (nSPS) is 11.0. The maximum Gasteiger partial charge on any atom is 0.00659 e. The summed E-state index contributed by atoms with van der Waals surface area (Å²) >= 11 is 1.88. The molecule has 0 atom stereocenters. The van der Waals surface area contributed by atoms with Crippen molar-refractivity contribution in [3.8, 4) is 0 Å². The van der Waals surface area contributed by atoms with Crippen LogP contribution in [0.5, 0.6) is 0 Å². The van der Waals surface area contributed by atoms with Gasteiger partial charge >= 0.3 is 0 Å². The molecule has 0 aromatic carbocycles. The number of thioether (sulfide) groups is 1. The minimum atomic E-state index is 1.20. The van der Waals surface area contributed by atoms with E-state index < -0.39 is 0 Å². The number of unbranched alkanes of at least 4 members (excludes halogenated alkanes) is 1. The topological polar surface area (TPSA) is 0 Å². The lowest BCUT2D eigenvalue weighted by Crippen LogP contribution is -1.77. The summed E-state index contributed by atoms with van der Waals surface area (Å²) in [6, 6.07) is 0. The minimum absolute atomic E-state index is 1.20. The molecule has 14 heavy (non-hydrogen) atoms. The summed E-state index contributed by atoms with van der Waals surface area (Å²) in [5.41, 5.74) is 0. The summed E-state index contributed by atoms with van der Waals surface area (Å²) in [6.45, 7) is 12.0. The Balaban J connectivity index is 0. The van der Waals surface area contributed by atoms with E-state index in [9.17, 15) is 0 Å². The quantitative estimate of drug-likeness (QED) is 0.431. The Morgan fingerprint density at radius 1 is 1.36 bits per heavy atom. The maximum atomic E-state index is 3.77. The summed E-state index contributed by atoms with van der Waals surface area (Å²) in [7, 11) is 0. The second-order valence-electron chi connectivity index (χ2n) is 2.50. The van der Waals surface area contributed by atoms with E-state index in [0.29, 0.717) is 0 Å². The second kappa shape index (κ2) is 15.1. The molecule has 1 heteroatoms. The van der Waals surface area contributed by atoms with Crippen LogP contribution in [0.25, 0.3) is 0 Å². The van der Waals surface area contributed by atoms with Gasteiger partial charge in [0, 0.05) is 4.91 Å². The van der Waals surface area contributed by atoms with E-state index in [-0.39, 0.29) is 0 Å². The first-order valence-electron chi connectivity index (χ1n) is 5.43. The highest BCUT2D eigenvalue weighted by molar-refractivity contribution is 8.03. The van der Waals surface area contributed by atoms with Gasteiger partial charge in [0.15, 0.2) is 0 Å². The molecule has 0 aliphatic carbocycles. The van der Waals surface area contributed by atoms with Gasteiger partial charge in [-0.15, -0.1) is 11.8 Å². The van der Waals surface area contributed by atoms with Crippen molar-refractivity contribution in [3.63, 3.8) is 0 Å². The molecule has 0 rings (SSSR count). The van der Waals surface area contributed by atoms with Gasteiger partial charge in [-0.25, -0.2) is 0 Å². The monoisotopic (exact) mass is 212 g/mol. The van der Waals surface area contributed by atoms with Crippen LogP contribution in [0.1, 0.15) is 40.5 Å². The predicted molar refractivity (Wildman–Crippen MR) is 71.8 cm³/mol. The molecule has 0 saturated heterocycles. The molecule has 0 aliphatic heterocycles. The lowest BCUT2D eigenvalue weighted by molar-refractivity contribution is 0.897. The van der Waals surface area contributed by atoms with E-state index in [4.69, 9.17) is 0 Å². The molecule has 0 spiro atoms. The highest BCUT2D eigenvalue weighted by atomic mass is 32.2. The molecule has 0 heterocycles. The van der Waals surface area contributed by atoms with Crippen LogP contribution in [0.2, 0.25) is 0 Å². The molecule has 0 saturated carbocycles. The van der Waals surface area contributed by atoms with E-state index in [0.717, 1.165) is 0 Å². The Hall–Kier alpha value is -0.430. The van der Waals surface area contributed by atoms with Crippen LogP contribution in [-0.4, -0.2) is 5.75 Å². The first-order chi connectivity index (χ1) is 6.85. The SMILES string of the molecule is C=C/C(=C\C=C/C)SCCCC.CC. The number of hydrogen-bond acceptors (Lipinski definition) is 1. The van der Waals surface area contributed by atoms with Crippen LogP contribution in [-0.2, 0) is 0 Å². The summed E-state index contributed by atoms with van der Waals surface area (Å²) < 4.78 is 0. The zero-order valence-corrected chi connectivity index (χ0v) is 10.9. The number of hydrogen-bond donors (Lipinski definition) is 0. The molecule has 0 aromatic heterocycles. The van der Waals surface area contributed by atoms with Gasteiger partial charge in [-0.3, -0.25) is 0 Å². The molecule has 0 radical (unpaired) electrons. The lowest BCUT2D eigenvalue weighted by Gasteiger charge is -1.98. The average Bonchev–Trinajstić information content (AvgIpc) is 2.26. The number of allylic oxidation sites excluding steroid dienone is 4. The van der Waals surface area contributed by atoms with Crippen LogP contribution in [0.15, 0.2) is 35.8 Å². The zero-order chi connectivity index (χ0) is 11.2. The van der Waals surface area contributed by atoms with Crippen LogP contribution in [0.3, 0.4) is 0 Å². The van der Waals surface area contributed by atoms with E-state index >= 15 is 0 Å². The molecule has 0 unspecified atom stereocenters.